The molecule has 3 nitrogen and oxygen atoms in total. The van der Waals surface area contributed by atoms with Crippen LogP contribution in [0, 0.1) is 6.92 Å². The molecule has 1 aromatic carbocycles. The molecule has 0 aliphatic carbocycles. The molecule has 90 valence electrons. The van der Waals surface area contributed by atoms with E-state index in [2.05, 4.69) is 27.1 Å². The van der Waals surface area contributed by atoms with Crippen LogP contribution >= 0.6 is 27.7 Å². The van der Waals surface area contributed by atoms with Crippen molar-refractivity contribution in [3.05, 3.63) is 40.0 Å². The number of halogens is 1. The Balaban J connectivity index is 2.15. The minimum atomic E-state index is 0.825. The Morgan fingerprint density at radius 1 is 1.47 bits per heavy atom. The Hall–Kier alpha value is -0.940. The van der Waals surface area contributed by atoms with E-state index in [0.717, 1.165) is 32.2 Å². The lowest BCUT2D eigenvalue weighted by Gasteiger charge is -2.07. The molecule has 0 aliphatic rings. The zero-order valence-electron chi connectivity index (χ0n) is 9.77. The number of hydrogen-bond donors (Lipinski definition) is 1. The SMILES string of the molecule is Cc1cc(SCc2c(N)cccc2Br)n(C)n1. The Morgan fingerprint density at radius 2 is 2.24 bits per heavy atom. The number of anilines is 1. The summed E-state index contributed by atoms with van der Waals surface area (Å²) in [6.07, 6.45) is 0. The van der Waals surface area contributed by atoms with E-state index in [-0.39, 0.29) is 0 Å². The van der Waals surface area contributed by atoms with Gasteiger partial charge in [0.05, 0.1) is 10.7 Å². The van der Waals surface area contributed by atoms with Crippen molar-refractivity contribution < 1.29 is 0 Å². The maximum absolute atomic E-state index is 5.96. The van der Waals surface area contributed by atoms with Crippen molar-refractivity contribution in [2.24, 2.45) is 7.05 Å². The first-order valence-corrected chi connectivity index (χ1v) is 7.02. The molecule has 0 bridgehead atoms. The van der Waals surface area contributed by atoms with E-state index in [0.29, 0.717) is 0 Å². The quantitative estimate of drug-likeness (QED) is 0.698. The van der Waals surface area contributed by atoms with E-state index < -0.39 is 0 Å². The fourth-order valence-electron chi connectivity index (χ4n) is 1.60. The van der Waals surface area contributed by atoms with E-state index in [1.807, 2.05) is 36.9 Å². The number of nitrogen functional groups attached to an aromatic ring is 1. The summed E-state index contributed by atoms with van der Waals surface area (Å²) >= 11 is 5.27. The molecule has 0 unspecified atom stereocenters. The number of aromatic nitrogens is 2. The molecule has 0 fully saturated rings. The van der Waals surface area contributed by atoms with Crippen molar-refractivity contribution in [1.82, 2.24) is 9.78 Å². The third-order valence-electron chi connectivity index (χ3n) is 2.48. The van der Waals surface area contributed by atoms with Crippen LogP contribution in [0.5, 0.6) is 0 Å². The van der Waals surface area contributed by atoms with Gasteiger partial charge in [0.15, 0.2) is 0 Å². The molecule has 5 heteroatoms. The van der Waals surface area contributed by atoms with Gasteiger partial charge in [-0.25, -0.2) is 0 Å². The van der Waals surface area contributed by atoms with Crippen molar-refractivity contribution in [3.63, 3.8) is 0 Å². The standard InChI is InChI=1S/C12H14BrN3S/c1-8-6-12(16(2)15-8)17-7-9-10(13)4-3-5-11(9)14/h3-6H,7,14H2,1-2H3. The van der Waals surface area contributed by atoms with E-state index in [4.69, 9.17) is 5.73 Å². The Labute approximate surface area is 114 Å². The van der Waals surface area contributed by atoms with Gasteiger partial charge in [0, 0.05) is 23.0 Å². The summed E-state index contributed by atoms with van der Waals surface area (Å²) < 4.78 is 2.96. The average Bonchev–Trinajstić information content (AvgIpc) is 2.57. The number of benzene rings is 1. The van der Waals surface area contributed by atoms with Gasteiger partial charge in [0.1, 0.15) is 0 Å². The Bertz CT molecular complexity index is 516. The van der Waals surface area contributed by atoms with E-state index in [1.54, 1.807) is 11.8 Å². The molecule has 0 saturated heterocycles. The number of nitrogens with zero attached hydrogens (tertiary/aromatic N) is 2. The summed E-state index contributed by atoms with van der Waals surface area (Å²) in [6.45, 7) is 2.00. The summed E-state index contributed by atoms with van der Waals surface area (Å²) in [4.78, 5) is 0. The highest BCUT2D eigenvalue weighted by atomic mass is 79.9. The van der Waals surface area contributed by atoms with Crippen LogP contribution < -0.4 is 5.73 Å². The highest BCUT2D eigenvalue weighted by molar-refractivity contribution is 9.10. The Kier molecular flexibility index (Phi) is 3.79. The van der Waals surface area contributed by atoms with Gasteiger partial charge in [-0.1, -0.05) is 22.0 Å². The van der Waals surface area contributed by atoms with Crippen molar-refractivity contribution in [3.8, 4) is 0 Å². The summed E-state index contributed by atoms with van der Waals surface area (Å²) in [5.74, 6) is 0.840. The summed E-state index contributed by atoms with van der Waals surface area (Å²) in [5, 5.41) is 5.47. The van der Waals surface area contributed by atoms with Crippen molar-refractivity contribution in [2.45, 2.75) is 17.7 Å². The largest absolute Gasteiger partial charge is 0.398 e. The number of rotatable bonds is 3. The minimum Gasteiger partial charge on any atom is -0.398 e. The predicted octanol–water partition coefficient (Wildman–Crippen LogP) is 3.37. The van der Waals surface area contributed by atoms with E-state index >= 15 is 0 Å². The number of nitrogens with two attached hydrogens (primary N) is 1. The molecule has 0 saturated carbocycles. The maximum Gasteiger partial charge on any atom is 0.0942 e. The molecule has 2 aromatic rings. The molecule has 1 heterocycles. The van der Waals surface area contributed by atoms with Crippen LogP contribution in [0.4, 0.5) is 5.69 Å². The number of thioether (sulfide) groups is 1. The van der Waals surface area contributed by atoms with Crippen molar-refractivity contribution >= 4 is 33.4 Å². The van der Waals surface area contributed by atoms with Crippen LogP contribution in [0.3, 0.4) is 0 Å². The number of hydrogen-bond acceptors (Lipinski definition) is 3. The molecule has 17 heavy (non-hydrogen) atoms. The lowest BCUT2D eigenvalue weighted by atomic mass is 10.2. The molecule has 2 rings (SSSR count). The smallest absolute Gasteiger partial charge is 0.0942 e. The minimum absolute atomic E-state index is 0.825. The zero-order valence-corrected chi connectivity index (χ0v) is 12.2. The van der Waals surface area contributed by atoms with Gasteiger partial charge in [-0.3, -0.25) is 4.68 Å². The molecule has 2 N–H and O–H groups in total. The average molecular weight is 312 g/mol. The second kappa shape index (κ2) is 5.14. The van der Waals surface area contributed by atoms with Crippen molar-refractivity contribution in [2.75, 3.05) is 5.73 Å². The van der Waals surface area contributed by atoms with Crippen molar-refractivity contribution in [1.29, 1.82) is 0 Å². The maximum atomic E-state index is 5.96. The summed E-state index contributed by atoms with van der Waals surface area (Å²) in [7, 11) is 1.96. The highest BCUT2D eigenvalue weighted by Gasteiger charge is 2.07. The number of aryl methyl sites for hydroxylation is 2. The monoisotopic (exact) mass is 311 g/mol. The van der Waals surface area contributed by atoms with Crippen LogP contribution in [0.15, 0.2) is 33.8 Å². The van der Waals surface area contributed by atoms with Crippen LogP contribution in [0.25, 0.3) is 0 Å². The molecular formula is C12H14BrN3S. The normalized spacial score (nSPS) is 10.8. The molecule has 0 atom stereocenters. The van der Waals surface area contributed by atoms with Gasteiger partial charge in [0.25, 0.3) is 0 Å². The first-order chi connectivity index (χ1) is 8.08. The Morgan fingerprint density at radius 3 is 2.82 bits per heavy atom. The lowest BCUT2D eigenvalue weighted by molar-refractivity contribution is 0.692. The summed E-state index contributed by atoms with van der Waals surface area (Å²) in [5.41, 5.74) is 8.96. The van der Waals surface area contributed by atoms with Gasteiger partial charge >= 0.3 is 0 Å². The molecule has 0 spiro atoms. The molecule has 0 amide bonds. The fraction of sp³-hybridized carbons (Fsp3) is 0.250. The molecule has 1 aromatic heterocycles. The van der Waals surface area contributed by atoms with E-state index in [1.165, 1.54) is 0 Å². The van der Waals surface area contributed by atoms with Gasteiger partial charge in [-0.05, 0) is 30.7 Å². The zero-order chi connectivity index (χ0) is 12.4. The second-order valence-electron chi connectivity index (χ2n) is 3.84. The third-order valence-corrected chi connectivity index (χ3v) is 4.33. The predicted molar refractivity (Wildman–Crippen MR) is 76.1 cm³/mol. The van der Waals surface area contributed by atoms with Gasteiger partial charge in [-0.15, -0.1) is 11.8 Å². The fourth-order valence-corrected chi connectivity index (χ4v) is 3.40. The molecule has 0 aliphatic heterocycles. The van der Waals surface area contributed by atoms with E-state index in [9.17, 15) is 0 Å². The van der Waals surface area contributed by atoms with Crippen LogP contribution in [-0.2, 0) is 12.8 Å². The van der Waals surface area contributed by atoms with Gasteiger partial charge in [0.2, 0.25) is 0 Å². The topological polar surface area (TPSA) is 43.8 Å². The van der Waals surface area contributed by atoms with Gasteiger partial charge < -0.3 is 5.73 Å². The first-order valence-electron chi connectivity index (χ1n) is 5.24. The van der Waals surface area contributed by atoms with Crippen LogP contribution in [-0.4, -0.2) is 9.78 Å². The molecular weight excluding hydrogens is 298 g/mol. The molecule has 0 radical (unpaired) electrons. The second-order valence-corrected chi connectivity index (χ2v) is 5.69. The van der Waals surface area contributed by atoms with Gasteiger partial charge in [-0.2, -0.15) is 5.10 Å². The van der Waals surface area contributed by atoms with Crippen LogP contribution in [0.1, 0.15) is 11.3 Å². The third kappa shape index (κ3) is 2.84. The summed E-state index contributed by atoms with van der Waals surface area (Å²) in [6, 6.07) is 7.97. The van der Waals surface area contributed by atoms with Crippen LogP contribution in [0.2, 0.25) is 0 Å². The highest BCUT2D eigenvalue weighted by Crippen LogP contribution is 2.30. The first kappa shape index (κ1) is 12.5. The lowest BCUT2D eigenvalue weighted by Crippen LogP contribution is -1.96.